The largest absolute Gasteiger partial charge is 0.493 e. The van der Waals surface area contributed by atoms with Gasteiger partial charge in [0, 0.05) is 31.3 Å². The van der Waals surface area contributed by atoms with E-state index in [9.17, 15) is 4.79 Å². The van der Waals surface area contributed by atoms with E-state index in [1.165, 1.54) is 18.6 Å². The maximum atomic E-state index is 12.0. The fraction of sp³-hybridized carbons (Fsp3) is 0.158. The number of aromatic nitrogens is 3. The molecule has 1 amide bonds. The zero-order valence-electron chi connectivity index (χ0n) is 14.3. The highest BCUT2D eigenvalue weighted by Crippen LogP contribution is 2.28. The number of nitrogens with zero attached hydrogens (tertiary/aromatic N) is 3. The molecule has 3 aromatic rings. The smallest absolute Gasteiger partial charge is 0.271 e. The summed E-state index contributed by atoms with van der Waals surface area (Å²) >= 11 is 0. The van der Waals surface area contributed by atoms with Crippen LogP contribution in [0.4, 0.5) is 0 Å². The van der Waals surface area contributed by atoms with E-state index in [-0.39, 0.29) is 11.6 Å². The van der Waals surface area contributed by atoms with Crippen LogP contribution in [0.5, 0.6) is 11.5 Å². The molecule has 0 aliphatic heterocycles. The average molecular weight is 350 g/mol. The molecular weight excluding hydrogens is 332 g/mol. The van der Waals surface area contributed by atoms with E-state index in [0.717, 1.165) is 11.1 Å². The molecule has 7 heteroatoms. The molecule has 0 aliphatic carbocycles. The number of rotatable bonds is 7. The fourth-order valence-electron chi connectivity index (χ4n) is 2.27. The van der Waals surface area contributed by atoms with Gasteiger partial charge in [-0.05, 0) is 35.4 Å². The third kappa shape index (κ3) is 4.54. The van der Waals surface area contributed by atoms with Crippen molar-refractivity contribution in [3.05, 3.63) is 78.1 Å². The van der Waals surface area contributed by atoms with Crippen molar-refractivity contribution < 1.29 is 14.3 Å². The summed E-state index contributed by atoms with van der Waals surface area (Å²) in [7, 11) is 1.58. The molecule has 0 radical (unpaired) electrons. The monoisotopic (exact) mass is 350 g/mol. The van der Waals surface area contributed by atoms with E-state index < -0.39 is 0 Å². The van der Waals surface area contributed by atoms with Gasteiger partial charge in [-0.2, -0.15) is 0 Å². The number of hydrogen-bond donors (Lipinski definition) is 1. The number of nitrogens with one attached hydrogen (secondary N) is 1. The third-order valence-corrected chi connectivity index (χ3v) is 3.62. The summed E-state index contributed by atoms with van der Waals surface area (Å²) in [5.41, 5.74) is 2.18. The molecule has 1 aromatic carbocycles. The van der Waals surface area contributed by atoms with Crippen LogP contribution in [0.25, 0.3) is 0 Å². The minimum absolute atomic E-state index is 0.275. The predicted octanol–water partition coefficient (Wildman–Crippen LogP) is 2.39. The van der Waals surface area contributed by atoms with E-state index in [4.69, 9.17) is 9.47 Å². The Morgan fingerprint density at radius 2 is 1.85 bits per heavy atom. The van der Waals surface area contributed by atoms with E-state index in [2.05, 4.69) is 20.3 Å². The lowest BCUT2D eigenvalue weighted by Crippen LogP contribution is -2.23. The molecular formula is C19H18N4O3. The quantitative estimate of drug-likeness (QED) is 0.704. The normalized spacial score (nSPS) is 10.2. The summed E-state index contributed by atoms with van der Waals surface area (Å²) in [6.45, 7) is 0.762. The molecule has 0 atom stereocenters. The molecule has 0 saturated heterocycles. The zero-order chi connectivity index (χ0) is 18.2. The molecule has 3 rings (SSSR count). The van der Waals surface area contributed by atoms with Gasteiger partial charge in [-0.25, -0.2) is 4.98 Å². The second kappa shape index (κ2) is 8.57. The van der Waals surface area contributed by atoms with Crippen molar-refractivity contribution >= 4 is 5.91 Å². The number of hydrogen-bond acceptors (Lipinski definition) is 6. The van der Waals surface area contributed by atoms with Crippen LogP contribution < -0.4 is 14.8 Å². The second-order valence-corrected chi connectivity index (χ2v) is 5.40. The Labute approximate surface area is 151 Å². The van der Waals surface area contributed by atoms with Crippen molar-refractivity contribution in [3.8, 4) is 11.5 Å². The molecule has 0 fully saturated rings. The Balaban J connectivity index is 1.62. The van der Waals surface area contributed by atoms with Gasteiger partial charge in [0.2, 0.25) is 0 Å². The zero-order valence-corrected chi connectivity index (χ0v) is 14.3. The summed E-state index contributed by atoms with van der Waals surface area (Å²) in [6, 6.07) is 9.32. The Hall–Kier alpha value is -3.48. The SMILES string of the molecule is COc1cc(CNC(=O)c2cnccn2)ccc1OCc1ccncc1. The number of pyridine rings is 1. The minimum Gasteiger partial charge on any atom is -0.493 e. The summed E-state index contributed by atoms with van der Waals surface area (Å²) in [5.74, 6) is 0.953. The van der Waals surface area contributed by atoms with Gasteiger partial charge in [-0.3, -0.25) is 14.8 Å². The van der Waals surface area contributed by atoms with Gasteiger partial charge in [0.15, 0.2) is 11.5 Å². The number of methoxy groups -OCH3 is 1. The van der Waals surface area contributed by atoms with E-state index in [1.807, 2.05) is 30.3 Å². The summed E-state index contributed by atoms with van der Waals surface area (Å²) in [6.07, 6.45) is 7.86. The first-order valence-electron chi connectivity index (χ1n) is 7.99. The molecule has 26 heavy (non-hydrogen) atoms. The number of carbonyl (C=O) groups excluding carboxylic acids is 1. The Morgan fingerprint density at radius 1 is 1.00 bits per heavy atom. The first kappa shape index (κ1) is 17.3. The van der Waals surface area contributed by atoms with Crippen LogP contribution in [-0.2, 0) is 13.2 Å². The first-order valence-corrected chi connectivity index (χ1v) is 7.99. The highest BCUT2D eigenvalue weighted by molar-refractivity contribution is 5.91. The van der Waals surface area contributed by atoms with Crippen LogP contribution in [0, 0.1) is 0 Å². The van der Waals surface area contributed by atoms with Crippen molar-refractivity contribution in [3.63, 3.8) is 0 Å². The Kier molecular flexibility index (Phi) is 5.72. The van der Waals surface area contributed by atoms with Crippen LogP contribution in [0.2, 0.25) is 0 Å². The van der Waals surface area contributed by atoms with Crippen LogP contribution in [0.1, 0.15) is 21.6 Å². The van der Waals surface area contributed by atoms with Crippen molar-refractivity contribution in [2.45, 2.75) is 13.2 Å². The van der Waals surface area contributed by atoms with Crippen LogP contribution >= 0.6 is 0 Å². The Morgan fingerprint density at radius 3 is 2.58 bits per heavy atom. The lowest BCUT2D eigenvalue weighted by atomic mass is 10.2. The molecule has 1 N–H and O–H groups in total. The van der Waals surface area contributed by atoms with Crippen molar-refractivity contribution in [2.24, 2.45) is 0 Å². The standard InChI is InChI=1S/C19H18N4O3/c1-25-18-10-15(11-23-19(24)16-12-21-8-9-22-16)2-3-17(18)26-13-14-4-6-20-7-5-14/h2-10,12H,11,13H2,1H3,(H,23,24). The van der Waals surface area contributed by atoms with E-state index >= 15 is 0 Å². The minimum atomic E-state index is -0.282. The molecule has 0 unspecified atom stereocenters. The van der Waals surface area contributed by atoms with Crippen molar-refractivity contribution in [1.82, 2.24) is 20.3 Å². The fourth-order valence-corrected chi connectivity index (χ4v) is 2.27. The van der Waals surface area contributed by atoms with Gasteiger partial charge in [-0.1, -0.05) is 6.07 Å². The molecule has 0 spiro atoms. The second-order valence-electron chi connectivity index (χ2n) is 5.40. The average Bonchev–Trinajstić information content (AvgIpc) is 2.72. The number of benzene rings is 1. The molecule has 2 heterocycles. The maximum Gasteiger partial charge on any atom is 0.271 e. The molecule has 0 saturated carbocycles. The molecule has 0 aliphatic rings. The Bertz CT molecular complexity index is 857. The predicted molar refractivity (Wildman–Crippen MR) is 94.8 cm³/mol. The molecule has 0 bridgehead atoms. The lowest BCUT2D eigenvalue weighted by Gasteiger charge is -2.12. The van der Waals surface area contributed by atoms with Gasteiger partial charge in [0.05, 0.1) is 13.3 Å². The molecule has 7 nitrogen and oxygen atoms in total. The van der Waals surface area contributed by atoms with E-state index in [0.29, 0.717) is 24.7 Å². The van der Waals surface area contributed by atoms with Gasteiger partial charge >= 0.3 is 0 Å². The van der Waals surface area contributed by atoms with Crippen LogP contribution in [0.15, 0.2) is 61.3 Å². The highest BCUT2D eigenvalue weighted by atomic mass is 16.5. The summed E-state index contributed by atoms with van der Waals surface area (Å²) < 4.78 is 11.2. The maximum absolute atomic E-state index is 12.0. The van der Waals surface area contributed by atoms with Crippen molar-refractivity contribution in [1.29, 1.82) is 0 Å². The van der Waals surface area contributed by atoms with Crippen LogP contribution in [0.3, 0.4) is 0 Å². The number of ether oxygens (including phenoxy) is 2. The summed E-state index contributed by atoms with van der Waals surface area (Å²) in [4.78, 5) is 23.9. The van der Waals surface area contributed by atoms with Gasteiger partial charge < -0.3 is 14.8 Å². The van der Waals surface area contributed by atoms with Crippen LogP contribution in [-0.4, -0.2) is 28.0 Å². The highest BCUT2D eigenvalue weighted by Gasteiger charge is 2.09. The van der Waals surface area contributed by atoms with Gasteiger partial charge in [-0.15, -0.1) is 0 Å². The van der Waals surface area contributed by atoms with E-state index in [1.54, 1.807) is 19.5 Å². The lowest BCUT2D eigenvalue weighted by molar-refractivity contribution is 0.0945. The summed E-state index contributed by atoms with van der Waals surface area (Å²) in [5, 5.41) is 2.80. The van der Waals surface area contributed by atoms with Crippen molar-refractivity contribution in [2.75, 3.05) is 7.11 Å². The molecule has 2 aromatic heterocycles. The number of carbonyl (C=O) groups is 1. The van der Waals surface area contributed by atoms with Gasteiger partial charge in [0.25, 0.3) is 5.91 Å². The van der Waals surface area contributed by atoms with Gasteiger partial charge in [0.1, 0.15) is 12.3 Å². The first-order chi connectivity index (χ1) is 12.8. The topological polar surface area (TPSA) is 86.2 Å². The third-order valence-electron chi connectivity index (χ3n) is 3.62. The number of amides is 1. The molecule has 132 valence electrons.